The van der Waals surface area contributed by atoms with Crippen molar-refractivity contribution in [3.63, 3.8) is 0 Å². The Bertz CT molecular complexity index is 522. The van der Waals surface area contributed by atoms with E-state index in [1.165, 1.54) is 12.8 Å². The number of hydrogen-bond acceptors (Lipinski definition) is 4. The Hall–Kier alpha value is -1.85. The van der Waals surface area contributed by atoms with Crippen molar-refractivity contribution >= 4 is 5.95 Å². The molecule has 2 aromatic rings. The van der Waals surface area contributed by atoms with Crippen LogP contribution < -0.4 is 5.32 Å². The number of imidazole rings is 1. The summed E-state index contributed by atoms with van der Waals surface area (Å²) in [4.78, 5) is 4.50. The molecule has 0 aliphatic heterocycles. The molecule has 0 bridgehead atoms. The number of aromatic nitrogens is 5. The number of nitrogens with zero attached hydrogens (tertiary/aromatic N) is 5. The third-order valence-electron chi connectivity index (χ3n) is 2.92. The molecule has 0 saturated heterocycles. The van der Waals surface area contributed by atoms with E-state index >= 15 is 0 Å². The van der Waals surface area contributed by atoms with E-state index in [0.29, 0.717) is 12.6 Å². The second kappa shape index (κ2) is 3.87. The van der Waals surface area contributed by atoms with Crippen molar-refractivity contribution < 1.29 is 0 Å². The number of aryl methyl sites for hydroxylation is 2. The molecule has 1 aliphatic carbocycles. The van der Waals surface area contributed by atoms with Crippen LogP contribution in [0.4, 0.5) is 5.95 Å². The second-order valence-corrected chi connectivity index (χ2v) is 4.61. The molecule has 0 atom stereocenters. The summed E-state index contributed by atoms with van der Waals surface area (Å²) in [5, 5.41) is 11.4. The quantitative estimate of drug-likeness (QED) is 0.852. The van der Waals surface area contributed by atoms with Crippen LogP contribution in [-0.4, -0.2) is 30.4 Å². The molecule has 6 heteroatoms. The highest BCUT2D eigenvalue weighted by atomic mass is 15.3. The topological polar surface area (TPSA) is 60.6 Å². The van der Waals surface area contributed by atoms with E-state index in [0.717, 1.165) is 17.5 Å². The van der Waals surface area contributed by atoms with Crippen molar-refractivity contribution in [2.24, 2.45) is 7.05 Å². The van der Waals surface area contributed by atoms with E-state index in [2.05, 4.69) is 25.1 Å². The van der Waals surface area contributed by atoms with Gasteiger partial charge in [-0.2, -0.15) is 0 Å². The summed E-state index contributed by atoms with van der Waals surface area (Å²) >= 11 is 0. The number of rotatable bonds is 4. The third-order valence-corrected chi connectivity index (χ3v) is 2.92. The fourth-order valence-electron chi connectivity index (χ4n) is 1.80. The van der Waals surface area contributed by atoms with E-state index in [-0.39, 0.29) is 0 Å². The van der Waals surface area contributed by atoms with Gasteiger partial charge in [-0.05, 0) is 19.8 Å². The van der Waals surface area contributed by atoms with Crippen LogP contribution in [0, 0.1) is 6.92 Å². The Labute approximate surface area is 99.7 Å². The minimum atomic E-state index is 0.607. The summed E-state index contributed by atoms with van der Waals surface area (Å²) in [5.41, 5.74) is 1.02. The van der Waals surface area contributed by atoms with Gasteiger partial charge in [-0.15, -0.1) is 10.2 Å². The van der Waals surface area contributed by atoms with Gasteiger partial charge < -0.3 is 14.5 Å². The zero-order chi connectivity index (χ0) is 11.8. The van der Waals surface area contributed by atoms with Gasteiger partial charge in [0.2, 0.25) is 5.95 Å². The lowest BCUT2D eigenvalue weighted by molar-refractivity contribution is 0.699. The van der Waals surface area contributed by atoms with Crippen molar-refractivity contribution in [1.82, 2.24) is 24.3 Å². The smallest absolute Gasteiger partial charge is 0.203 e. The lowest BCUT2D eigenvalue weighted by atomic mass is 10.5. The molecule has 0 radical (unpaired) electrons. The second-order valence-electron chi connectivity index (χ2n) is 4.61. The Morgan fingerprint density at radius 2 is 2.29 bits per heavy atom. The van der Waals surface area contributed by atoms with E-state index in [4.69, 9.17) is 0 Å². The maximum atomic E-state index is 4.50. The molecule has 0 amide bonds. The van der Waals surface area contributed by atoms with Crippen molar-refractivity contribution in [3.8, 4) is 0 Å². The highest BCUT2D eigenvalue weighted by molar-refractivity contribution is 5.32. The first-order chi connectivity index (χ1) is 8.22. The molecule has 0 unspecified atom stereocenters. The highest BCUT2D eigenvalue weighted by Crippen LogP contribution is 2.24. The fourth-order valence-corrected chi connectivity index (χ4v) is 1.80. The van der Waals surface area contributed by atoms with Gasteiger partial charge in [-0.25, -0.2) is 4.98 Å². The zero-order valence-corrected chi connectivity index (χ0v) is 10.1. The van der Waals surface area contributed by atoms with E-state index < -0.39 is 0 Å². The largest absolute Gasteiger partial charge is 0.353 e. The van der Waals surface area contributed by atoms with Crippen LogP contribution >= 0.6 is 0 Å². The van der Waals surface area contributed by atoms with Gasteiger partial charge in [-0.1, -0.05) is 0 Å². The van der Waals surface area contributed by atoms with Crippen LogP contribution in [0.2, 0.25) is 0 Å². The first-order valence-corrected chi connectivity index (χ1v) is 5.85. The fraction of sp³-hybridized carbons (Fsp3) is 0.545. The maximum absolute atomic E-state index is 4.50. The number of nitrogens with one attached hydrogen (secondary N) is 1. The molecule has 0 spiro atoms. The summed E-state index contributed by atoms with van der Waals surface area (Å²) in [6.45, 7) is 2.71. The van der Waals surface area contributed by atoms with E-state index in [1.54, 1.807) is 6.33 Å². The summed E-state index contributed by atoms with van der Waals surface area (Å²) in [7, 11) is 1.95. The molecule has 3 rings (SSSR count). The van der Waals surface area contributed by atoms with Crippen LogP contribution in [0.15, 0.2) is 12.5 Å². The Balaban J connectivity index is 1.83. The van der Waals surface area contributed by atoms with Gasteiger partial charge in [0.05, 0.1) is 12.2 Å². The van der Waals surface area contributed by atoms with Gasteiger partial charge in [0, 0.05) is 19.3 Å². The monoisotopic (exact) mass is 232 g/mol. The van der Waals surface area contributed by atoms with Gasteiger partial charge in [0.15, 0.2) is 5.82 Å². The Morgan fingerprint density at radius 3 is 2.94 bits per heavy atom. The van der Waals surface area contributed by atoms with E-state index in [9.17, 15) is 0 Å². The molecule has 1 aliphatic rings. The highest BCUT2D eigenvalue weighted by Gasteiger charge is 2.23. The standard InChI is InChI=1S/C11H16N6/c1-8-5-17(6-10-15-12-7-16(10)2)11(13-8)14-9-3-4-9/h5,7,9H,3-4,6H2,1-2H3,(H,13,14). The lowest BCUT2D eigenvalue weighted by Gasteiger charge is -2.08. The average molecular weight is 232 g/mol. The van der Waals surface area contributed by atoms with Crippen LogP contribution in [0.3, 0.4) is 0 Å². The summed E-state index contributed by atoms with van der Waals surface area (Å²) in [5.74, 6) is 1.87. The lowest BCUT2D eigenvalue weighted by Crippen LogP contribution is -2.11. The molecule has 1 fully saturated rings. The Morgan fingerprint density at radius 1 is 1.47 bits per heavy atom. The normalized spacial score (nSPS) is 15.2. The molecule has 90 valence electrons. The Kier molecular flexibility index (Phi) is 2.35. The van der Waals surface area contributed by atoms with Gasteiger partial charge in [-0.3, -0.25) is 0 Å². The molecule has 0 aromatic carbocycles. The zero-order valence-electron chi connectivity index (χ0n) is 10.1. The first kappa shape index (κ1) is 10.3. The first-order valence-electron chi connectivity index (χ1n) is 5.85. The molecular weight excluding hydrogens is 216 g/mol. The van der Waals surface area contributed by atoms with Gasteiger partial charge in [0.25, 0.3) is 0 Å². The molecule has 1 saturated carbocycles. The average Bonchev–Trinajstić information content (AvgIpc) is 2.91. The van der Waals surface area contributed by atoms with Crippen molar-refractivity contribution in [2.45, 2.75) is 32.4 Å². The van der Waals surface area contributed by atoms with Crippen molar-refractivity contribution in [3.05, 3.63) is 24.0 Å². The summed E-state index contributed by atoms with van der Waals surface area (Å²) in [6, 6.07) is 0.607. The maximum Gasteiger partial charge on any atom is 0.203 e. The van der Waals surface area contributed by atoms with Gasteiger partial charge in [0.1, 0.15) is 6.33 Å². The number of anilines is 1. The van der Waals surface area contributed by atoms with Crippen molar-refractivity contribution in [2.75, 3.05) is 5.32 Å². The van der Waals surface area contributed by atoms with Crippen LogP contribution in [0.5, 0.6) is 0 Å². The molecule has 2 heterocycles. The minimum Gasteiger partial charge on any atom is -0.353 e. The minimum absolute atomic E-state index is 0.607. The number of hydrogen-bond donors (Lipinski definition) is 1. The molecule has 2 aromatic heterocycles. The molecule has 1 N–H and O–H groups in total. The third kappa shape index (κ3) is 2.15. The van der Waals surface area contributed by atoms with E-state index in [1.807, 2.05) is 24.7 Å². The predicted molar refractivity (Wildman–Crippen MR) is 63.7 cm³/mol. The predicted octanol–water partition coefficient (Wildman–Crippen LogP) is 0.943. The van der Waals surface area contributed by atoms with Crippen LogP contribution in [0.1, 0.15) is 24.4 Å². The van der Waals surface area contributed by atoms with Gasteiger partial charge >= 0.3 is 0 Å². The van der Waals surface area contributed by atoms with Crippen LogP contribution in [0.25, 0.3) is 0 Å². The summed E-state index contributed by atoms with van der Waals surface area (Å²) < 4.78 is 4.02. The van der Waals surface area contributed by atoms with Crippen molar-refractivity contribution in [1.29, 1.82) is 0 Å². The summed E-state index contributed by atoms with van der Waals surface area (Å²) in [6.07, 6.45) is 6.25. The molecule has 6 nitrogen and oxygen atoms in total. The SMILES string of the molecule is Cc1cn(Cc2nncn2C)c(NC2CC2)n1. The van der Waals surface area contributed by atoms with Crippen LogP contribution in [-0.2, 0) is 13.6 Å². The molecular formula is C11H16N6. The molecule has 17 heavy (non-hydrogen) atoms.